The highest BCUT2D eigenvalue weighted by Gasteiger charge is 2.32. The van der Waals surface area contributed by atoms with Gasteiger partial charge < -0.3 is 4.90 Å². The van der Waals surface area contributed by atoms with Crippen LogP contribution in [-0.2, 0) is 10.0 Å². The molecule has 104 valence electrons. The second-order valence-corrected chi connectivity index (χ2v) is 6.10. The fourth-order valence-electron chi connectivity index (χ4n) is 1.97. The van der Waals surface area contributed by atoms with Crippen LogP contribution in [0.5, 0.6) is 0 Å². The number of benzene rings is 1. The van der Waals surface area contributed by atoms with Crippen molar-refractivity contribution in [3.63, 3.8) is 0 Å². The van der Waals surface area contributed by atoms with Crippen LogP contribution in [0.3, 0.4) is 0 Å². The van der Waals surface area contributed by atoms with Gasteiger partial charge in [-0.05, 0) is 38.0 Å². The Hall–Kier alpha value is -1.47. The van der Waals surface area contributed by atoms with Crippen LogP contribution in [0.15, 0.2) is 23.1 Å². The summed E-state index contributed by atoms with van der Waals surface area (Å²) in [5, 5.41) is 4.96. The lowest BCUT2D eigenvalue weighted by atomic mass is 10.2. The van der Waals surface area contributed by atoms with Crippen LogP contribution in [-0.4, -0.2) is 31.8 Å². The Balaban J connectivity index is 2.39. The Morgan fingerprint density at radius 3 is 2.53 bits per heavy atom. The Bertz CT molecular complexity index is 611. The molecule has 0 aliphatic heterocycles. The summed E-state index contributed by atoms with van der Waals surface area (Å²) >= 11 is 0. The Morgan fingerprint density at radius 1 is 1.42 bits per heavy atom. The smallest absolute Gasteiger partial charge is 0.254 e. The molecule has 0 bridgehead atoms. The number of nitrogens with two attached hydrogens (primary N) is 1. The van der Waals surface area contributed by atoms with Crippen molar-refractivity contribution in [1.82, 2.24) is 4.90 Å². The zero-order chi connectivity index (χ0) is 14.2. The van der Waals surface area contributed by atoms with Gasteiger partial charge in [0.1, 0.15) is 5.82 Å². The minimum atomic E-state index is -4.03. The second-order valence-electron chi connectivity index (χ2n) is 4.54. The number of hydrogen-bond acceptors (Lipinski definition) is 3. The van der Waals surface area contributed by atoms with Crippen molar-refractivity contribution in [3.05, 3.63) is 29.6 Å². The van der Waals surface area contributed by atoms with E-state index in [0.29, 0.717) is 6.54 Å². The van der Waals surface area contributed by atoms with E-state index in [0.717, 1.165) is 31.0 Å². The number of nitrogens with zero attached hydrogens (tertiary/aromatic N) is 1. The normalized spacial score (nSPS) is 15.3. The first-order valence-corrected chi connectivity index (χ1v) is 7.52. The summed E-state index contributed by atoms with van der Waals surface area (Å²) in [6, 6.07) is 3.13. The molecule has 0 unspecified atom stereocenters. The van der Waals surface area contributed by atoms with Gasteiger partial charge in [-0.3, -0.25) is 4.79 Å². The molecule has 0 radical (unpaired) electrons. The number of sulfonamides is 1. The third kappa shape index (κ3) is 3.10. The molecule has 1 fully saturated rings. The molecule has 1 amide bonds. The second kappa shape index (κ2) is 4.90. The third-order valence-corrected chi connectivity index (χ3v) is 3.93. The molecule has 0 heterocycles. The van der Waals surface area contributed by atoms with Gasteiger partial charge in [0.2, 0.25) is 10.0 Å². The minimum absolute atomic E-state index is 0.0118. The van der Waals surface area contributed by atoms with Gasteiger partial charge in [0.05, 0.1) is 4.90 Å². The molecule has 2 N–H and O–H groups in total. The van der Waals surface area contributed by atoms with E-state index in [2.05, 4.69) is 0 Å². The highest BCUT2D eigenvalue weighted by atomic mass is 32.2. The molecule has 1 aromatic carbocycles. The molecule has 0 aromatic heterocycles. The highest BCUT2D eigenvalue weighted by Crippen LogP contribution is 2.28. The third-order valence-electron chi connectivity index (χ3n) is 3.04. The number of carbonyl (C=O) groups is 1. The predicted octanol–water partition coefficient (Wildman–Crippen LogP) is 1.10. The van der Waals surface area contributed by atoms with E-state index in [1.165, 1.54) is 0 Å². The van der Waals surface area contributed by atoms with E-state index in [4.69, 9.17) is 5.14 Å². The van der Waals surface area contributed by atoms with E-state index in [1.54, 1.807) is 4.90 Å². The molecule has 1 aromatic rings. The summed E-state index contributed by atoms with van der Waals surface area (Å²) in [6.45, 7) is 2.33. The fraction of sp³-hybridized carbons (Fsp3) is 0.417. The molecule has 7 heteroatoms. The maximum absolute atomic E-state index is 13.4. The van der Waals surface area contributed by atoms with E-state index < -0.39 is 15.8 Å². The van der Waals surface area contributed by atoms with Crippen LogP contribution >= 0.6 is 0 Å². The van der Waals surface area contributed by atoms with E-state index in [-0.39, 0.29) is 22.4 Å². The maximum atomic E-state index is 13.4. The Labute approximate surface area is 111 Å². The number of primary sulfonamides is 1. The summed E-state index contributed by atoms with van der Waals surface area (Å²) in [6.07, 6.45) is 1.86. The van der Waals surface area contributed by atoms with Gasteiger partial charge in [0, 0.05) is 18.2 Å². The quantitative estimate of drug-likeness (QED) is 0.900. The lowest BCUT2D eigenvalue weighted by molar-refractivity contribution is 0.0751. The number of carbonyl (C=O) groups excluding carboxylic acids is 1. The zero-order valence-electron chi connectivity index (χ0n) is 10.5. The monoisotopic (exact) mass is 286 g/mol. The summed E-state index contributed by atoms with van der Waals surface area (Å²) in [5.74, 6) is -1.16. The van der Waals surface area contributed by atoms with E-state index in [9.17, 15) is 17.6 Å². The molecule has 1 aliphatic carbocycles. The summed E-state index contributed by atoms with van der Waals surface area (Å²) in [4.78, 5) is 13.4. The summed E-state index contributed by atoms with van der Waals surface area (Å²) in [5.41, 5.74) is 0.0118. The van der Waals surface area contributed by atoms with E-state index in [1.807, 2.05) is 6.92 Å². The molecular weight excluding hydrogens is 271 g/mol. The molecule has 1 saturated carbocycles. The number of halogens is 1. The molecule has 0 saturated heterocycles. The van der Waals surface area contributed by atoms with Gasteiger partial charge in [-0.1, -0.05) is 0 Å². The fourth-order valence-corrected chi connectivity index (χ4v) is 2.54. The first-order valence-electron chi connectivity index (χ1n) is 5.97. The molecular formula is C12H15FN2O3S. The first-order chi connectivity index (χ1) is 8.82. The molecule has 0 spiro atoms. The standard InChI is InChI=1S/C12H15FN2O3S/c1-2-15(10-3-4-10)12(16)8-5-9(13)7-11(6-8)19(14,17)18/h5-7,10H,2-4H2,1H3,(H2,14,17,18). The largest absolute Gasteiger partial charge is 0.336 e. The van der Waals surface area contributed by atoms with Gasteiger partial charge in [-0.2, -0.15) is 0 Å². The average molecular weight is 286 g/mol. The topological polar surface area (TPSA) is 80.5 Å². The van der Waals surface area contributed by atoms with E-state index >= 15 is 0 Å². The van der Waals surface area contributed by atoms with Crippen molar-refractivity contribution in [3.8, 4) is 0 Å². The molecule has 2 rings (SSSR count). The van der Waals surface area contributed by atoms with Crippen LogP contribution in [0.2, 0.25) is 0 Å². The van der Waals surface area contributed by atoms with Crippen LogP contribution in [0.4, 0.5) is 4.39 Å². The van der Waals surface area contributed by atoms with Crippen LogP contribution in [0.1, 0.15) is 30.1 Å². The molecule has 5 nitrogen and oxygen atoms in total. The Morgan fingerprint density at radius 2 is 2.05 bits per heavy atom. The molecule has 0 atom stereocenters. The Kier molecular flexibility index (Phi) is 3.60. The molecule has 1 aliphatic rings. The van der Waals surface area contributed by atoms with Gasteiger partial charge in [0.25, 0.3) is 5.91 Å². The van der Waals surface area contributed by atoms with Gasteiger partial charge in [-0.25, -0.2) is 17.9 Å². The lowest BCUT2D eigenvalue weighted by Crippen LogP contribution is -2.33. The SMILES string of the molecule is CCN(C(=O)c1cc(F)cc(S(N)(=O)=O)c1)C1CC1. The van der Waals surface area contributed by atoms with Crippen molar-refractivity contribution in [1.29, 1.82) is 0 Å². The number of rotatable bonds is 4. The summed E-state index contributed by atoms with van der Waals surface area (Å²) in [7, 11) is -4.03. The van der Waals surface area contributed by atoms with Crippen molar-refractivity contribution < 1.29 is 17.6 Å². The van der Waals surface area contributed by atoms with Crippen LogP contribution in [0.25, 0.3) is 0 Å². The first kappa shape index (κ1) is 14.0. The van der Waals surface area contributed by atoms with Gasteiger partial charge in [0.15, 0.2) is 0 Å². The molecule has 19 heavy (non-hydrogen) atoms. The van der Waals surface area contributed by atoms with Crippen LogP contribution in [0, 0.1) is 5.82 Å². The number of amides is 1. The average Bonchev–Trinajstić information content (AvgIpc) is 3.12. The zero-order valence-corrected chi connectivity index (χ0v) is 11.3. The highest BCUT2D eigenvalue weighted by molar-refractivity contribution is 7.89. The number of hydrogen-bond donors (Lipinski definition) is 1. The predicted molar refractivity (Wildman–Crippen MR) is 67.5 cm³/mol. The van der Waals surface area contributed by atoms with Gasteiger partial charge in [-0.15, -0.1) is 0 Å². The lowest BCUT2D eigenvalue weighted by Gasteiger charge is -2.20. The van der Waals surface area contributed by atoms with Crippen molar-refractivity contribution in [2.45, 2.75) is 30.7 Å². The van der Waals surface area contributed by atoms with Crippen molar-refractivity contribution >= 4 is 15.9 Å². The van der Waals surface area contributed by atoms with Gasteiger partial charge >= 0.3 is 0 Å². The summed E-state index contributed by atoms with van der Waals surface area (Å²) < 4.78 is 35.9. The maximum Gasteiger partial charge on any atom is 0.254 e. The van der Waals surface area contributed by atoms with Crippen molar-refractivity contribution in [2.24, 2.45) is 5.14 Å². The van der Waals surface area contributed by atoms with Crippen molar-refractivity contribution in [2.75, 3.05) is 6.54 Å². The minimum Gasteiger partial charge on any atom is -0.336 e. The van der Waals surface area contributed by atoms with Crippen LogP contribution < -0.4 is 5.14 Å².